The predicted molar refractivity (Wildman–Crippen MR) is 79.3 cm³/mol. The average molecular weight is 285 g/mol. The molecule has 5 heteroatoms. The molecule has 1 aromatic heterocycles. The first kappa shape index (κ1) is 13.6. The van der Waals surface area contributed by atoms with Crippen molar-refractivity contribution in [3.8, 4) is 5.75 Å². The molecule has 0 fully saturated rings. The van der Waals surface area contributed by atoms with Gasteiger partial charge in [0.2, 0.25) is 0 Å². The highest BCUT2D eigenvalue weighted by Gasteiger charge is 2.09. The number of rotatable bonds is 4. The van der Waals surface area contributed by atoms with Gasteiger partial charge in [0.15, 0.2) is 0 Å². The molecule has 0 amide bonds. The van der Waals surface area contributed by atoms with E-state index >= 15 is 0 Å². The molecule has 0 aliphatic rings. The van der Waals surface area contributed by atoms with Gasteiger partial charge in [-0.05, 0) is 12.1 Å². The number of hydrogen-bond acceptors (Lipinski definition) is 3. The Bertz CT molecular complexity index is 782. The summed E-state index contributed by atoms with van der Waals surface area (Å²) in [5, 5.41) is 5.48. The molecule has 0 bridgehead atoms. The molecule has 0 saturated heterocycles. The van der Waals surface area contributed by atoms with E-state index in [1.807, 2.05) is 36.0 Å². The maximum atomic E-state index is 13.7. The number of fused-ring (bicyclic) bond motifs is 1. The number of aromatic nitrogens is 2. The second-order valence-electron chi connectivity index (χ2n) is 4.83. The van der Waals surface area contributed by atoms with Gasteiger partial charge in [-0.3, -0.25) is 4.68 Å². The van der Waals surface area contributed by atoms with Crippen molar-refractivity contribution in [2.24, 2.45) is 12.8 Å². The lowest BCUT2D eigenvalue weighted by Gasteiger charge is -2.06. The zero-order valence-electron chi connectivity index (χ0n) is 11.7. The minimum absolute atomic E-state index is 0.178. The summed E-state index contributed by atoms with van der Waals surface area (Å²) >= 11 is 0. The van der Waals surface area contributed by atoms with Crippen LogP contribution in [0.15, 0.2) is 42.5 Å². The van der Waals surface area contributed by atoms with Crippen LogP contribution in [0.25, 0.3) is 10.9 Å². The lowest BCUT2D eigenvalue weighted by Crippen LogP contribution is -2.02. The van der Waals surface area contributed by atoms with Gasteiger partial charge >= 0.3 is 0 Å². The number of benzene rings is 2. The number of nitrogens with zero attached hydrogens (tertiary/aromatic N) is 2. The van der Waals surface area contributed by atoms with Crippen LogP contribution < -0.4 is 10.5 Å². The van der Waals surface area contributed by atoms with Crippen molar-refractivity contribution >= 4 is 10.9 Å². The van der Waals surface area contributed by atoms with Crippen LogP contribution in [-0.2, 0) is 20.2 Å². The summed E-state index contributed by atoms with van der Waals surface area (Å²) in [5.41, 5.74) is 7.79. The summed E-state index contributed by atoms with van der Waals surface area (Å²) < 4.78 is 21.1. The molecule has 0 spiro atoms. The van der Waals surface area contributed by atoms with E-state index in [0.717, 1.165) is 16.6 Å². The zero-order valence-corrected chi connectivity index (χ0v) is 11.7. The van der Waals surface area contributed by atoms with Crippen LogP contribution in [0.4, 0.5) is 4.39 Å². The summed E-state index contributed by atoms with van der Waals surface area (Å²) in [7, 11) is 1.89. The average Bonchev–Trinajstić information content (AvgIpc) is 2.82. The molecular formula is C16H16FN3O. The fourth-order valence-electron chi connectivity index (χ4n) is 2.33. The number of para-hydroxylation sites is 1. The van der Waals surface area contributed by atoms with Crippen molar-refractivity contribution < 1.29 is 9.13 Å². The van der Waals surface area contributed by atoms with Gasteiger partial charge < -0.3 is 10.5 Å². The van der Waals surface area contributed by atoms with Gasteiger partial charge in [0.1, 0.15) is 23.9 Å². The number of hydrogen-bond donors (Lipinski definition) is 1. The van der Waals surface area contributed by atoms with Gasteiger partial charge in [-0.2, -0.15) is 5.10 Å². The topological polar surface area (TPSA) is 53.1 Å². The minimum Gasteiger partial charge on any atom is -0.487 e. The fraction of sp³-hybridized carbons (Fsp3) is 0.188. The smallest absolute Gasteiger partial charge is 0.133 e. The van der Waals surface area contributed by atoms with E-state index in [2.05, 4.69) is 5.10 Å². The third-order valence-corrected chi connectivity index (χ3v) is 3.45. The molecule has 1 heterocycles. The molecule has 2 N–H and O–H groups in total. The first-order valence-electron chi connectivity index (χ1n) is 6.71. The fourth-order valence-corrected chi connectivity index (χ4v) is 2.33. The standard InChI is InChI=1S/C16H16FN3O/c1-20-16-5-3-2-4-13(16)15(19-20)10-21-12-7-6-11(9-18)14(17)8-12/h2-8H,9-10,18H2,1H3. The molecule has 0 saturated carbocycles. The van der Waals surface area contributed by atoms with Crippen molar-refractivity contribution in [3.05, 3.63) is 59.5 Å². The Morgan fingerprint density at radius 2 is 2.05 bits per heavy atom. The van der Waals surface area contributed by atoms with Crippen molar-refractivity contribution in [3.63, 3.8) is 0 Å². The number of aryl methyl sites for hydroxylation is 1. The van der Waals surface area contributed by atoms with Crippen LogP contribution in [0.3, 0.4) is 0 Å². The maximum absolute atomic E-state index is 13.7. The second kappa shape index (κ2) is 5.54. The number of nitrogens with two attached hydrogens (primary N) is 1. The summed E-state index contributed by atoms with van der Waals surface area (Å²) in [6.07, 6.45) is 0. The van der Waals surface area contributed by atoms with Gasteiger partial charge in [0.05, 0.1) is 5.52 Å². The summed E-state index contributed by atoms with van der Waals surface area (Å²) in [6, 6.07) is 12.6. The predicted octanol–water partition coefficient (Wildman–Crippen LogP) is 2.75. The highest BCUT2D eigenvalue weighted by Crippen LogP contribution is 2.21. The molecule has 4 nitrogen and oxygen atoms in total. The van der Waals surface area contributed by atoms with Gasteiger partial charge in [-0.15, -0.1) is 0 Å². The van der Waals surface area contributed by atoms with Crippen LogP contribution >= 0.6 is 0 Å². The first-order chi connectivity index (χ1) is 10.2. The quantitative estimate of drug-likeness (QED) is 0.802. The highest BCUT2D eigenvalue weighted by molar-refractivity contribution is 5.81. The monoisotopic (exact) mass is 285 g/mol. The van der Waals surface area contributed by atoms with Crippen LogP contribution in [0.5, 0.6) is 5.75 Å². The van der Waals surface area contributed by atoms with Crippen LogP contribution in [0, 0.1) is 5.82 Å². The van der Waals surface area contributed by atoms with Crippen LogP contribution in [0.2, 0.25) is 0 Å². The molecule has 108 valence electrons. The summed E-state index contributed by atoms with van der Waals surface area (Å²) in [6.45, 7) is 0.472. The van der Waals surface area contributed by atoms with E-state index < -0.39 is 0 Å². The first-order valence-corrected chi connectivity index (χ1v) is 6.71. The molecule has 2 aromatic carbocycles. The van der Waals surface area contributed by atoms with E-state index in [4.69, 9.17) is 10.5 Å². The Morgan fingerprint density at radius 3 is 2.81 bits per heavy atom. The van der Waals surface area contributed by atoms with Gasteiger partial charge in [-0.1, -0.05) is 24.3 Å². The van der Waals surface area contributed by atoms with Gasteiger partial charge in [0.25, 0.3) is 0 Å². The van der Waals surface area contributed by atoms with Crippen LogP contribution in [-0.4, -0.2) is 9.78 Å². The highest BCUT2D eigenvalue weighted by atomic mass is 19.1. The Morgan fingerprint density at radius 1 is 1.24 bits per heavy atom. The second-order valence-corrected chi connectivity index (χ2v) is 4.83. The van der Waals surface area contributed by atoms with Crippen LogP contribution in [0.1, 0.15) is 11.3 Å². The van der Waals surface area contributed by atoms with E-state index in [-0.39, 0.29) is 12.4 Å². The molecule has 0 aliphatic heterocycles. The lowest BCUT2D eigenvalue weighted by molar-refractivity contribution is 0.299. The van der Waals surface area contributed by atoms with Crippen molar-refractivity contribution in [2.45, 2.75) is 13.2 Å². The molecular weight excluding hydrogens is 269 g/mol. The van der Waals surface area contributed by atoms with E-state index in [0.29, 0.717) is 17.9 Å². The minimum atomic E-state index is -0.346. The lowest BCUT2D eigenvalue weighted by atomic mass is 10.2. The zero-order chi connectivity index (χ0) is 14.8. The largest absolute Gasteiger partial charge is 0.487 e. The van der Waals surface area contributed by atoms with Crippen molar-refractivity contribution in [2.75, 3.05) is 0 Å². The summed E-state index contributed by atoms with van der Waals surface area (Å²) in [4.78, 5) is 0. The molecule has 21 heavy (non-hydrogen) atoms. The summed E-state index contributed by atoms with van der Waals surface area (Å²) in [5.74, 6) is 0.125. The Kier molecular flexibility index (Phi) is 3.58. The number of halogens is 1. The molecule has 3 aromatic rings. The third-order valence-electron chi connectivity index (χ3n) is 3.45. The Labute approximate surface area is 121 Å². The van der Waals surface area contributed by atoms with Crippen molar-refractivity contribution in [1.82, 2.24) is 9.78 Å². The molecule has 0 unspecified atom stereocenters. The molecule has 0 radical (unpaired) electrons. The normalized spacial score (nSPS) is 11.0. The maximum Gasteiger partial charge on any atom is 0.133 e. The van der Waals surface area contributed by atoms with E-state index in [9.17, 15) is 4.39 Å². The SMILES string of the molecule is Cn1nc(COc2ccc(CN)c(F)c2)c2ccccc21. The molecule has 0 aliphatic carbocycles. The van der Waals surface area contributed by atoms with Gasteiger partial charge in [-0.25, -0.2) is 4.39 Å². The van der Waals surface area contributed by atoms with E-state index in [1.165, 1.54) is 6.07 Å². The number of ether oxygens (including phenoxy) is 1. The molecule has 3 rings (SSSR count). The molecule has 0 atom stereocenters. The van der Waals surface area contributed by atoms with E-state index in [1.54, 1.807) is 12.1 Å². The Hall–Kier alpha value is -2.40. The third kappa shape index (κ3) is 2.60. The Balaban J connectivity index is 1.82. The van der Waals surface area contributed by atoms with Crippen molar-refractivity contribution in [1.29, 1.82) is 0 Å². The van der Waals surface area contributed by atoms with Gasteiger partial charge in [0, 0.05) is 30.6 Å².